The molecule has 0 saturated carbocycles. The summed E-state index contributed by atoms with van der Waals surface area (Å²) in [5, 5.41) is 9.68. The van der Waals surface area contributed by atoms with Gasteiger partial charge in [-0.2, -0.15) is 5.10 Å². The van der Waals surface area contributed by atoms with Gasteiger partial charge in [0.2, 0.25) is 0 Å². The van der Waals surface area contributed by atoms with Gasteiger partial charge >= 0.3 is 11.8 Å². The number of nitrogens with one attached hydrogen (secondary N) is 3. The average Bonchev–Trinajstić information content (AvgIpc) is 2.94. The Bertz CT molecular complexity index is 1370. The Morgan fingerprint density at radius 3 is 2.25 bits per heavy atom. The standard InChI is InChI=1S/C28H28Cl2N4O6/c1-3-13-39-21-9-6-19(7-10-21)33-27(36)28(37)34-31-16-18-5-12-24(25(14-18)38-4-2)40-17-26(35)32-20-8-11-22(29)23(30)15-20/h5-12,14-16H,3-4,13,17H2,1-2H3,(H,32,35)(H,33,36)(H,34,37)/b31-16-. The molecule has 0 heterocycles. The van der Waals surface area contributed by atoms with Crippen LogP contribution in [0.15, 0.2) is 65.8 Å². The number of ether oxygens (including phenoxy) is 3. The molecule has 0 aromatic heterocycles. The van der Waals surface area contributed by atoms with E-state index in [0.29, 0.717) is 57.4 Å². The summed E-state index contributed by atoms with van der Waals surface area (Å²) in [5.41, 5.74) is 3.65. The van der Waals surface area contributed by atoms with Gasteiger partial charge in [0.05, 0.1) is 29.5 Å². The molecule has 0 aliphatic carbocycles. The van der Waals surface area contributed by atoms with Crippen LogP contribution in [-0.4, -0.2) is 43.8 Å². The van der Waals surface area contributed by atoms with Crippen molar-refractivity contribution in [3.63, 3.8) is 0 Å². The fraction of sp³-hybridized carbons (Fsp3) is 0.214. The molecule has 3 rings (SSSR count). The lowest BCUT2D eigenvalue weighted by atomic mass is 10.2. The summed E-state index contributed by atoms with van der Waals surface area (Å²) >= 11 is 11.9. The Morgan fingerprint density at radius 2 is 1.55 bits per heavy atom. The maximum absolute atomic E-state index is 12.3. The second kappa shape index (κ2) is 15.3. The molecule has 3 N–H and O–H groups in total. The first kappa shape index (κ1) is 30.3. The zero-order valence-electron chi connectivity index (χ0n) is 21.8. The zero-order valence-corrected chi connectivity index (χ0v) is 23.3. The second-order valence-electron chi connectivity index (χ2n) is 8.13. The van der Waals surface area contributed by atoms with Crippen LogP contribution in [0.25, 0.3) is 0 Å². The predicted molar refractivity (Wildman–Crippen MR) is 155 cm³/mol. The van der Waals surface area contributed by atoms with Gasteiger partial charge in [0.25, 0.3) is 5.91 Å². The van der Waals surface area contributed by atoms with Gasteiger partial charge in [-0.1, -0.05) is 30.1 Å². The molecule has 12 heteroatoms. The summed E-state index contributed by atoms with van der Waals surface area (Å²) in [4.78, 5) is 36.6. The van der Waals surface area contributed by atoms with Gasteiger partial charge in [-0.25, -0.2) is 5.43 Å². The summed E-state index contributed by atoms with van der Waals surface area (Å²) in [6.07, 6.45) is 2.22. The van der Waals surface area contributed by atoms with E-state index in [9.17, 15) is 14.4 Å². The van der Waals surface area contributed by atoms with Crippen LogP contribution in [0.2, 0.25) is 10.0 Å². The van der Waals surface area contributed by atoms with E-state index >= 15 is 0 Å². The average molecular weight is 587 g/mol. The highest BCUT2D eigenvalue weighted by Crippen LogP contribution is 2.28. The highest BCUT2D eigenvalue weighted by Gasteiger charge is 2.13. The fourth-order valence-corrected chi connectivity index (χ4v) is 3.46. The molecule has 0 aliphatic heterocycles. The zero-order chi connectivity index (χ0) is 28.9. The minimum Gasteiger partial charge on any atom is -0.494 e. The van der Waals surface area contributed by atoms with Crippen LogP contribution in [0.4, 0.5) is 11.4 Å². The topological polar surface area (TPSA) is 127 Å². The minimum atomic E-state index is -0.944. The van der Waals surface area contributed by atoms with Crippen LogP contribution in [0.3, 0.4) is 0 Å². The molecule has 0 bridgehead atoms. The van der Waals surface area contributed by atoms with Crippen molar-refractivity contribution in [2.45, 2.75) is 20.3 Å². The number of hydrogen-bond acceptors (Lipinski definition) is 7. The quantitative estimate of drug-likeness (QED) is 0.150. The Labute approximate surface area is 241 Å². The normalized spacial score (nSPS) is 10.6. The molecule has 0 radical (unpaired) electrons. The smallest absolute Gasteiger partial charge is 0.329 e. The third kappa shape index (κ3) is 9.48. The largest absolute Gasteiger partial charge is 0.494 e. The van der Waals surface area contributed by atoms with E-state index in [1.165, 1.54) is 12.3 Å². The number of carbonyl (C=O) groups is 3. The van der Waals surface area contributed by atoms with Gasteiger partial charge in [-0.3, -0.25) is 14.4 Å². The van der Waals surface area contributed by atoms with E-state index in [-0.39, 0.29) is 6.61 Å². The van der Waals surface area contributed by atoms with Crippen LogP contribution in [0, 0.1) is 0 Å². The molecular weight excluding hydrogens is 559 g/mol. The lowest BCUT2D eigenvalue weighted by Gasteiger charge is -2.13. The first-order valence-corrected chi connectivity index (χ1v) is 13.1. The van der Waals surface area contributed by atoms with E-state index in [2.05, 4.69) is 21.2 Å². The third-order valence-corrected chi connectivity index (χ3v) is 5.74. The van der Waals surface area contributed by atoms with Crippen LogP contribution < -0.4 is 30.3 Å². The van der Waals surface area contributed by atoms with Crippen molar-refractivity contribution in [2.24, 2.45) is 5.10 Å². The van der Waals surface area contributed by atoms with E-state index < -0.39 is 17.7 Å². The summed E-state index contributed by atoms with van der Waals surface area (Å²) in [6, 6.07) is 16.3. The van der Waals surface area contributed by atoms with Gasteiger partial charge in [-0.15, -0.1) is 0 Å². The number of halogens is 2. The number of benzene rings is 3. The highest BCUT2D eigenvalue weighted by atomic mass is 35.5. The summed E-state index contributed by atoms with van der Waals surface area (Å²) in [5.74, 6) is -0.864. The Kier molecular flexibility index (Phi) is 11.6. The monoisotopic (exact) mass is 586 g/mol. The molecule has 0 unspecified atom stereocenters. The Morgan fingerprint density at radius 1 is 0.800 bits per heavy atom. The van der Waals surface area contributed by atoms with E-state index in [1.807, 2.05) is 6.92 Å². The fourth-order valence-electron chi connectivity index (χ4n) is 3.17. The van der Waals surface area contributed by atoms with E-state index in [4.69, 9.17) is 37.4 Å². The maximum atomic E-state index is 12.3. The SMILES string of the molecule is CCCOc1ccc(NC(=O)C(=O)N/N=C\c2ccc(OCC(=O)Nc3ccc(Cl)c(Cl)c3)c(OCC)c2)cc1. The molecule has 10 nitrogen and oxygen atoms in total. The van der Waals surface area contributed by atoms with Crippen molar-refractivity contribution in [3.05, 3.63) is 76.3 Å². The van der Waals surface area contributed by atoms with Crippen LogP contribution in [0.1, 0.15) is 25.8 Å². The lowest BCUT2D eigenvalue weighted by molar-refractivity contribution is -0.136. The molecule has 40 heavy (non-hydrogen) atoms. The van der Waals surface area contributed by atoms with Crippen molar-refractivity contribution < 1.29 is 28.6 Å². The number of nitrogens with zero attached hydrogens (tertiary/aromatic N) is 1. The predicted octanol–water partition coefficient (Wildman–Crippen LogP) is 5.29. The van der Waals surface area contributed by atoms with Crippen molar-refractivity contribution in [1.29, 1.82) is 0 Å². The van der Waals surface area contributed by atoms with Crippen molar-refractivity contribution in [2.75, 3.05) is 30.5 Å². The van der Waals surface area contributed by atoms with Gasteiger partial charge in [0.1, 0.15) is 5.75 Å². The molecule has 210 valence electrons. The highest BCUT2D eigenvalue weighted by molar-refractivity contribution is 6.42. The maximum Gasteiger partial charge on any atom is 0.329 e. The minimum absolute atomic E-state index is 0.284. The van der Waals surface area contributed by atoms with Crippen LogP contribution in [-0.2, 0) is 14.4 Å². The molecule has 0 fully saturated rings. The van der Waals surface area contributed by atoms with E-state index in [1.54, 1.807) is 61.5 Å². The van der Waals surface area contributed by atoms with Gasteiger partial charge in [-0.05, 0) is 79.6 Å². The first-order valence-electron chi connectivity index (χ1n) is 12.3. The molecule has 3 amide bonds. The van der Waals surface area contributed by atoms with Gasteiger partial charge in [0.15, 0.2) is 18.1 Å². The van der Waals surface area contributed by atoms with Crippen LogP contribution >= 0.6 is 23.2 Å². The van der Waals surface area contributed by atoms with Crippen LogP contribution in [0.5, 0.6) is 17.2 Å². The summed E-state index contributed by atoms with van der Waals surface area (Å²) in [6.45, 7) is 4.45. The number of rotatable bonds is 12. The molecule has 3 aromatic carbocycles. The number of anilines is 2. The summed E-state index contributed by atoms with van der Waals surface area (Å²) in [7, 11) is 0. The Hall–Kier alpha value is -4.28. The number of amides is 3. The third-order valence-electron chi connectivity index (χ3n) is 5.00. The Balaban J connectivity index is 1.52. The van der Waals surface area contributed by atoms with Crippen molar-refractivity contribution >= 4 is 58.5 Å². The molecule has 0 saturated heterocycles. The van der Waals surface area contributed by atoms with Crippen molar-refractivity contribution in [3.8, 4) is 17.2 Å². The number of hydrogen-bond donors (Lipinski definition) is 3. The molecule has 0 atom stereocenters. The number of carbonyl (C=O) groups excluding carboxylic acids is 3. The molecular formula is C28H28Cl2N4O6. The molecule has 0 spiro atoms. The molecule has 0 aliphatic rings. The number of hydrazone groups is 1. The van der Waals surface area contributed by atoms with Gasteiger partial charge < -0.3 is 24.8 Å². The van der Waals surface area contributed by atoms with E-state index in [0.717, 1.165) is 6.42 Å². The second-order valence-corrected chi connectivity index (χ2v) is 8.95. The van der Waals surface area contributed by atoms with Gasteiger partial charge in [0, 0.05) is 11.4 Å². The van der Waals surface area contributed by atoms with Crippen molar-refractivity contribution in [1.82, 2.24) is 5.43 Å². The molecule has 3 aromatic rings. The lowest BCUT2D eigenvalue weighted by Crippen LogP contribution is -2.32. The first-order chi connectivity index (χ1) is 19.3. The summed E-state index contributed by atoms with van der Waals surface area (Å²) < 4.78 is 16.7.